The fourth-order valence-electron chi connectivity index (χ4n) is 2.10. The topological polar surface area (TPSA) is 61.4 Å². The van der Waals surface area contributed by atoms with Gasteiger partial charge in [0.25, 0.3) is 0 Å². The summed E-state index contributed by atoms with van der Waals surface area (Å²) >= 11 is 0. The summed E-state index contributed by atoms with van der Waals surface area (Å²) in [5, 5.41) is 15.8. The van der Waals surface area contributed by atoms with Gasteiger partial charge in [0.1, 0.15) is 0 Å². The first-order valence-corrected chi connectivity index (χ1v) is 5.43. The molecule has 1 aliphatic heterocycles. The van der Waals surface area contributed by atoms with E-state index in [0.29, 0.717) is 6.54 Å². The van der Waals surface area contributed by atoms with E-state index >= 15 is 0 Å². The van der Waals surface area contributed by atoms with Crippen LogP contribution in [-0.4, -0.2) is 35.7 Å². The van der Waals surface area contributed by atoms with Crippen LogP contribution >= 0.6 is 0 Å². The molecule has 1 heterocycles. The molecule has 1 saturated carbocycles. The van der Waals surface area contributed by atoms with E-state index in [9.17, 15) is 9.90 Å². The molecule has 0 aromatic carbocycles. The third-order valence-corrected chi connectivity index (χ3v) is 3.27. The van der Waals surface area contributed by atoms with E-state index in [1.165, 1.54) is 0 Å². The molecule has 3 N–H and O–H groups in total. The van der Waals surface area contributed by atoms with Gasteiger partial charge in [0.15, 0.2) is 0 Å². The number of rotatable bonds is 3. The molecule has 1 unspecified atom stereocenters. The highest BCUT2D eigenvalue weighted by atomic mass is 16.3. The fraction of sp³-hybridized carbons (Fsp3) is 0.900. The van der Waals surface area contributed by atoms with Gasteiger partial charge in [-0.1, -0.05) is 12.8 Å². The van der Waals surface area contributed by atoms with Crippen LogP contribution in [0.5, 0.6) is 0 Å². The van der Waals surface area contributed by atoms with Crippen molar-refractivity contribution in [3.8, 4) is 0 Å². The molecule has 0 aromatic heterocycles. The van der Waals surface area contributed by atoms with E-state index in [0.717, 1.165) is 38.6 Å². The maximum atomic E-state index is 11.4. The van der Waals surface area contributed by atoms with Crippen molar-refractivity contribution in [3.63, 3.8) is 0 Å². The number of nitrogens with one attached hydrogen (secondary N) is 2. The van der Waals surface area contributed by atoms with E-state index < -0.39 is 5.60 Å². The molecule has 0 radical (unpaired) electrons. The lowest BCUT2D eigenvalue weighted by molar-refractivity contribution is -0.125. The first kappa shape index (κ1) is 9.93. The molecule has 1 aliphatic carbocycles. The first-order valence-electron chi connectivity index (χ1n) is 5.43. The number of carbonyl (C=O) groups is 1. The van der Waals surface area contributed by atoms with E-state index in [4.69, 9.17) is 0 Å². The van der Waals surface area contributed by atoms with Gasteiger partial charge in [-0.05, 0) is 25.8 Å². The van der Waals surface area contributed by atoms with E-state index in [-0.39, 0.29) is 11.9 Å². The van der Waals surface area contributed by atoms with Gasteiger partial charge in [-0.15, -0.1) is 0 Å². The molecule has 0 aromatic rings. The second-order valence-corrected chi connectivity index (χ2v) is 4.44. The Morgan fingerprint density at radius 3 is 2.64 bits per heavy atom. The quantitative estimate of drug-likeness (QED) is 0.587. The Morgan fingerprint density at radius 2 is 2.14 bits per heavy atom. The van der Waals surface area contributed by atoms with Crippen LogP contribution in [0.1, 0.15) is 32.1 Å². The summed E-state index contributed by atoms with van der Waals surface area (Å²) in [5.74, 6) is 0.0385. The molecular weight excluding hydrogens is 180 g/mol. The Morgan fingerprint density at radius 1 is 1.50 bits per heavy atom. The Labute approximate surface area is 84.1 Å². The third kappa shape index (κ3) is 2.07. The maximum Gasteiger partial charge on any atom is 0.237 e. The van der Waals surface area contributed by atoms with Crippen LogP contribution < -0.4 is 10.6 Å². The molecule has 0 bridgehead atoms. The largest absolute Gasteiger partial charge is 0.388 e. The Hall–Kier alpha value is -0.610. The summed E-state index contributed by atoms with van der Waals surface area (Å²) in [4.78, 5) is 11.4. The molecule has 80 valence electrons. The number of aliphatic hydroxyl groups is 1. The molecule has 14 heavy (non-hydrogen) atoms. The van der Waals surface area contributed by atoms with E-state index in [1.807, 2.05) is 0 Å². The zero-order valence-corrected chi connectivity index (χ0v) is 8.38. The van der Waals surface area contributed by atoms with Gasteiger partial charge in [-0.3, -0.25) is 4.79 Å². The highest BCUT2D eigenvalue weighted by Crippen LogP contribution is 2.28. The Bertz CT molecular complexity index is 220. The predicted molar refractivity (Wildman–Crippen MR) is 52.8 cm³/mol. The third-order valence-electron chi connectivity index (χ3n) is 3.27. The molecule has 4 nitrogen and oxygen atoms in total. The van der Waals surface area contributed by atoms with Crippen molar-refractivity contribution in [2.24, 2.45) is 0 Å². The standard InChI is InChI=1S/C10H18N2O2/c13-9(8-3-6-11-8)12-7-10(14)4-1-2-5-10/h8,11,14H,1-7H2,(H,12,13). The average molecular weight is 198 g/mol. The average Bonchev–Trinajstić information content (AvgIpc) is 2.47. The van der Waals surface area contributed by atoms with Gasteiger partial charge in [-0.25, -0.2) is 0 Å². The molecule has 2 rings (SSSR count). The zero-order valence-electron chi connectivity index (χ0n) is 8.38. The Kier molecular flexibility index (Phi) is 2.74. The van der Waals surface area contributed by atoms with Gasteiger partial charge >= 0.3 is 0 Å². The Balaban J connectivity index is 1.72. The smallest absolute Gasteiger partial charge is 0.237 e. The van der Waals surface area contributed by atoms with Crippen molar-refractivity contribution < 1.29 is 9.90 Å². The SMILES string of the molecule is O=C(NCC1(O)CCCC1)C1CCN1. The van der Waals surface area contributed by atoms with Crippen LogP contribution in [0.4, 0.5) is 0 Å². The molecular formula is C10H18N2O2. The van der Waals surface area contributed by atoms with Gasteiger partial charge in [0.05, 0.1) is 11.6 Å². The normalized spacial score (nSPS) is 29.6. The molecule has 0 spiro atoms. The summed E-state index contributed by atoms with van der Waals surface area (Å²) < 4.78 is 0. The minimum Gasteiger partial charge on any atom is -0.388 e. The molecule has 4 heteroatoms. The van der Waals surface area contributed by atoms with E-state index in [2.05, 4.69) is 10.6 Å². The van der Waals surface area contributed by atoms with Crippen LogP contribution in [0.25, 0.3) is 0 Å². The summed E-state index contributed by atoms with van der Waals surface area (Å²) in [6.07, 6.45) is 4.73. The lowest BCUT2D eigenvalue weighted by Gasteiger charge is -2.29. The summed E-state index contributed by atoms with van der Waals surface area (Å²) in [7, 11) is 0. The number of amides is 1. The fourth-order valence-corrected chi connectivity index (χ4v) is 2.10. The van der Waals surface area contributed by atoms with Crippen molar-refractivity contribution in [1.29, 1.82) is 0 Å². The second-order valence-electron chi connectivity index (χ2n) is 4.44. The maximum absolute atomic E-state index is 11.4. The minimum atomic E-state index is -0.626. The van der Waals surface area contributed by atoms with Crippen molar-refractivity contribution >= 4 is 5.91 Å². The van der Waals surface area contributed by atoms with Crippen LogP contribution in [-0.2, 0) is 4.79 Å². The number of carbonyl (C=O) groups excluding carboxylic acids is 1. The highest BCUT2D eigenvalue weighted by molar-refractivity contribution is 5.82. The van der Waals surface area contributed by atoms with Gasteiger partial charge in [0.2, 0.25) is 5.91 Å². The van der Waals surface area contributed by atoms with E-state index in [1.54, 1.807) is 0 Å². The van der Waals surface area contributed by atoms with Crippen LogP contribution in [0, 0.1) is 0 Å². The number of hydrogen-bond acceptors (Lipinski definition) is 3. The highest BCUT2D eigenvalue weighted by Gasteiger charge is 2.32. The summed E-state index contributed by atoms with van der Waals surface area (Å²) in [6.45, 7) is 1.35. The lowest BCUT2D eigenvalue weighted by atomic mass is 10.0. The minimum absolute atomic E-state index is 0.0139. The van der Waals surface area contributed by atoms with Crippen LogP contribution in [0.2, 0.25) is 0 Å². The van der Waals surface area contributed by atoms with Crippen LogP contribution in [0.3, 0.4) is 0 Å². The summed E-state index contributed by atoms with van der Waals surface area (Å²) in [6, 6.07) is -0.0139. The van der Waals surface area contributed by atoms with Gasteiger partial charge in [0, 0.05) is 6.54 Å². The van der Waals surface area contributed by atoms with Crippen LogP contribution in [0.15, 0.2) is 0 Å². The van der Waals surface area contributed by atoms with Gasteiger partial charge < -0.3 is 15.7 Å². The van der Waals surface area contributed by atoms with Crippen molar-refractivity contribution in [2.45, 2.75) is 43.7 Å². The molecule has 1 amide bonds. The zero-order chi connectivity index (χ0) is 10.0. The molecule has 2 fully saturated rings. The van der Waals surface area contributed by atoms with Gasteiger partial charge in [-0.2, -0.15) is 0 Å². The summed E-state index contributed by atoms with van der Waals surface area (Å²) in [5.41, 5.74) is -0.626. The number of hydrogen-bond donors (Lipinski definition) is 3. The molecule has 1 saturated heterocycles. The van der Waals surface area contributed by atoms with Crippen molar-refractivity contribution in [2.75, 3.05) is 13.1 Å². The monoisotopic (exact) mass is 198 g/mol. The first-order chi connectivity index (χ1) is 6.70. The molecule has 1 atom stereocenters. The van der Waals surface area contributed by atoms with Crippen molar-refractivity contribution in [1.82, 2.24) is 10.6 Å². The van der Waals surface area contributed by atoms with Crippen molar-refractivity contribution in [3.05, 3.63) is 0 Å². The predicted octanol–water partition coefficient (Wildman–Crippen LogP) is -0.230. The second kappa shape index (κ2) is 3.87. The lowest BCUT2D eigenvalue weighted by Crippen LogP contribution is -2.55. The molecule has 2 aliphatic rings.